The van der Waals surface area contributed by atoms with Crippen LogP contribution in [-0.4, -0.2) is 59.0 Å². The highest BCUT2D eigenvalue weighted by atomic mass is 35.5. The number of allylic oxidation sites excluding steroid dienone is 4. The minimum absolute atomic E-state index is 0.0527. The Bertz CT molecular complexity index is 1050. The van der Waals surface area contributed by atoms with Gasteiger partial charge >= 0.3 is 6.09 Å². The van der Waals surface area contributed by atoms with Crippen LogP contribution >= 0.6 is 11.6 Å². The average Bonchev–Trinajstić information content (AvgIpc) is 2.79. The molecule has 0 aliphatic carbocycles. The molecule has 1 heterocycles. The zero-order valence-electron chi connectivity index (χ0n) is 22.9. The second-order valence-corrected chi connectivity index (χ2v) is 10.1. The first-order chi connectivity index (χ1) is 17.1. The van der Waals surface area contributed by atoms with Crippen LogP contribution in [0.15, 0.2) is 76.5 Å². The van der Waals surface area contributed by atoms with Gasteiger partial charge in [-0.15, -0.1) is 0 Å². The molecule has 204 valence electrons. The predicted molar refractivity (Wildman–Crippen MR) is 149 cm³/mol. The van der Waals surface area contributed by atoms with Crippen LogP contribution in [0.2, 0.25) is 0 Å². The zero-order chi connectivity index (χ0) is 28.5. The summed E-state index contributed by atoms with van der Waals surface area (Å²) in [7, 11) is 0. The molecule has 1 amide bonds. The fraction of sp³-hybridized carbons (Fsp3) is 0.444. The van der Waals surface area contributed by atoms with Gasteiger partial charge in [-0.1, -0.05) is 31.3 Å². The van der Waals surface area contributed by atoms with Crippen molar-refractivity contribution in [1.82, 2.24) is 15.1 Å². The number of piperazine rings is 1. The van der Waals surface area contributed by atoms with Crippen LogP contribution in [-0.2, 0) is 9.47 Å². The topological polar surface area (TPSA) is 90.3 Å². The monoisotopic (exact) mass is 535 g/mol. The maximum atomic E-state index is 14.2. The van der Waals surface area contributed by atoms with E-state index >= 15 is 0 Å². The molecule has 0 aromatic rings. The molecule has 1 atom stereocenters. The summed E-state index contributed by atoms with van der Waals surface area (Å²) in [5.74, 6) is -0.129. The van der Waals surface area contributed by atoms with Crippen LogP contribution in [0.4, 0.5) is 9.18 Å². The van der Waals surface area contributed by atoms with E-state index in [-0.39, 0.29) is 34.7 Å². The predicted octanol–water partition coefficient (Wildman–Crippen LogP) is 6.37. The van der Waals surface area contributed by atoms with E-state index in [9.17, 15) is 9.18 Å². The van der Waals surface area contributed by atoms with Crippen molar-refractivity contribution in [2.24, 2.45) is 4.99 Å². The summed E-state index contributed by atoms with van der Waals surface area (Å²) in [4.78, 5) is 20.0. The summed E-state index contributed by atoms with van der Waals surface area (Å²) in [6, 6.07) is -0.249. The SMILES string of the molecule is C=CN=C(NC(=C)/C(F)=C(\C)Cl)/C(=C/C(=CC)OC(=N)N1CCN(C(=O)OC(C)(C)C)CC1C)C(=C)C. The number of carbonyl (C=O) groups excluding carboxylic acids is 1. The Morgan fingerprint density at radius 3 is 2.35 bits per heavy atom. The van der Waals surface area contributed by atoms with E-state index in [0.29, 0.717) is 36.5 Å². The summed E-state index contributed by atoms with van der Waals surface area (Å²) in [6.07, 6.45) is 4.23. The smallest absolute Gasteiger partial charge is 0.410 e. The molecule has 0 aromatic carbocycles. The molecule has 0 bridgehead atoms. The summed E-state index contributed by atoms with van der Waals surface area (Å²) in [6.45, 7) is 24.8. The average molecular weight is 536 g/mol. The summed E-state index contributed by atoms with van der Waals surface area (Å²) in [5, 5.41) is 11.3. The summed E-state index contributed by atoms with van der Waals surface area (Å²) >= 11 is 5.76. The van der Waals surface area contributed by atoms with Crippen molar-refractivity contribution in [2.75, 3.05) is 19.6 Å². The maximum Gasteiger partial charge on any atom is 0.410 e. The molecule has 8 nitrogen and oxygen atoms in total. The fourth-order valence-corrected chi connectivity index (χ4v) is 3.41. The Morgan fingerprint density at radius 1 is 1.27 bits per heavy atom. The van der Waals surface area contributed by atoms with Gasteiger partial charge in [0.15, 0.2) is 5.83 Å². The third-order valence-electron chi connectivity index (χ3n) is 5.10. The standard InChI is InChI=1S/C27H39ClFN5O3/c1-11-21(15-22(17(3)4)24(31-12-2)32-20(7)23(29)19(6)28)36-25(30)34-14-13-33(16-18(34)5)26(35)37-27(8,9)10/h11-12,15,18,30H,2-3,7,13-14,16H2,1,4-6,8-10H3,(H,31,32)/b21-11?,22-15+,23-19-,30-25?. The van der Waals surface area contributed by atoms with Gasteiger partial charge in [-0.3, -0.25) is 5.41 Å². The molecule has 1 saturated heterocycles. The Balaban J connectivity index is 3.07. The minimum atomic E-state index is -0.705. The van der Waals surface area contributed by atoms with Gasteiger partial charge in [0.1, 0.15) is 17.2 Å². The molecule has 10 heteroatoms. The Morgan fingerprint density at radius 2 is 1.89 bits per heavy atom. The summed E-state index contributed by atoms with van der Waals surface area (Å²) < 4.78 is 25.6. The van der Waals surface area contributed by atoms with Crippen LogP contribution in [0, 0.1) is 5.41 Å². The third-order valence-corrected chi connectivity index (χ3v) is 5.26. The highest BCUT2D eigenvalue weighted by Gasteiger charge is 2.31. The number of nitrogens with one attached hydrogen (secondary N) is 2. The first-order valence-electron chi connectivity index (χ1n) is 11.8. The molecule has 0 spiro atoms. The Labute approximate surface area is 225 Å². The van der Waals surface area contributed by atoms with Gasteiger partial charge in [0.2, 0.25) is 0 Å². The number of amides is 1. The van der Waals surface area contributed by atoms with Crippen molar-refractivity contribution in [2.45, 2.75) is 60.1 Å². The van der Waals surface area contributed by atoms with Gasteiger partial charge in [-0.05, 0) is 66.2 Å². The van der Waals surface area contributed by atoms with Crippen LogP contribution in [0.25, 0.3) is 0 Å². The van der Waals surface area contributed by atoms with E-state index in [0.717, 1.165) is 0 Å². The van der Waals surface area contributed by atoms with E-state index in [4.69, 9.17) is 26.5 Å². The van der Waals surface area contributed by atoms with Crippen molar-refractivity contribution in [3.63, 3.8) is 0 Å². The van der Waals surface area contributed by atoms with Crippen molar-refractivity contribution in [3.05, 3.63) is 71.6 Å². The van der Waals surface area contributed by atoms with Gasteiger partial charge < -0.3 is 24.6 Å². The van der Waals surface area contributed by atoms with E-state index in [1.165, 1.54) is 13.1 Å². The van der Waals surface area contributed by atoms with Crippen molar-refractivity contribution in [1.29, 1.82) is 5.41 Å². The lowest BCUT2D eigenvalue weighted by molar-refractivity contribution is 0.0114. The number of amidine groups is 2. The number of hydrogen-bond donors (Lipinski definition) is 2. The van der Waals surface area contributed by atoms with E-state index in [1.807, 2.05) is 27.7 Å². The first kappa shape index (κ1) is 31.7. The van der Waals surface area contributed by atoms with E-state index in [2.05, 4.69) is 30.0 Å². The molecule has 0 radical (unpaired) electrons. The number of carbonyl (C=O) groups is 1. The van der Waals surface area contributed by atoms with Crippen molar-refractivity contribution in [3.8, 4) is 0 Å². The molecule has 1 fully saturated rings. The molecule has 37 heavy (non-hydrogen) atoms. The number of rotatable bonds is 7. The molecule has 1 aliphatic rings. The van der Waals surface area contributed by atoms with E-state index < -0.39 is 11.4 Å². The van der Waals surface area contributed by atoms with Crippen LogP contribution in [0.5, 0.6) is 0 Å². The largest absolute Gasteiger partial charge is 0.444 e. The van der Waals surface area contributed by atoms with Crippen LogP contribution < -0.4 is 5.32 Å². The molecule has 2 N–H and O–H groups in total. The fourth-order valence-electron chi connectivity index (χ4n) is 3.30. The molecule has 0 saturated carbocycles. The number of ether oxygens (including phenoxy) is 2. The molecule has 1 aliphatic heterocycles. The molecular weight excluding hydrogens is 497 g/mol. The quantitative estimate of drug-likeness (QED) is 0.171. The maximum absolute atomic E-state index is 14.2. The van der Waals surface area contributed by atoms with Crippen LogP contribution in [0.3, 0.4) is 0 Å². The zero-order valence-corrected chi connectivity index (χ0v) is 23.6. The van der Waals surface area contributed by atoms with Gasteiger partial charge in [0, 0.05) is 37.4 Å². The second kappa shape index (κ2) is 13.8. The number of halogens is 2. The first-order valence-corrected chi connectivity index (χ1v) is 12.2. The third kappa shape index (κ3) is 9.92. The van der Waals surface area contributed by atoms with Gasteiger partial charge in [-0.2, -0.15) is 0 Å². The number of hydrogen-bond acceptors (Lipinski definition) is 5. The second-order valence-electron chi connectivity index (χ2n) is 9.52. The Kier molecular flexibility index (Phi) is 11.9. The molecule has 1 unspecified atom stereocenters. The van der Waals surface area contributed by atoms with Gasteiger partial charge in [-0.25, -0.2) is 14.2 Å². The summed E-state index contributed by atoms with van der Waals surface area (Å²) in [5.41, 5.74) is 0.431. The number of nitrogens with zero attached hydrogens (tertiary/aromatic N) is 3. The lowest BCUT2D eigenvalue weighted by Crippen LogP contribution is -2.56. The molecule has 0 aromatic heterocycles. The van der Waals surface area contributed by atoms with Crippen molar-refractivity contribution >= 4 is 29.6 Å². The Hall–Kier alpha value is -3.33. The number of aliphatic imine (C=N–C) groups is 1. The van der Waals surface area contributed by atoms with Gasteiger partial charge in [0.05, 0.1) is 10.7 Å². The minimum Gasteiger partial charge on any atom is -0.444 e. The highest BCUT2D eigenvalue weighted by Crippen LogP contribution is 2.20. The lowest BCUT2D eigenvalue weighted by atomic mass is 10.1. The van der Waals surface area contributed by atoms with Gasteiger partial charge in [0.25, 0.3) is 6.02 Å². The van der Waals surface area contributed by atoms with Crippen LogP contribution in [0.1, 0.15) is 48.5 Å². The van der Waals surface area contributed by atoms with E-state index in [1.54, 1.807) is 35.8 Å². The normalized spacial score (nSPS) is 18.1. The molecule has 1 rings (SSSR count). The highest BCUT2D eigenvalue weighted by molar-refractivity contribution is 6.29. The lowest BCUT2D eigenvalue weighted by Gasteiger charge is -2.40. The van der Waals surface area contributed by atoms with Crippen molar-refractivity contribution < 1.29 is 18.7 Å². The molecular formula is C27H39ClFN5O3.